The Morgan fingerprint density at radius 2 is 1.88 bits per heavy atom. The SMILES string of the molecule is Cc1nc(C(F)(F)F)c(C(=O)Nc2ccccc2C(C)CC(C)C)s1. The molecule has 0 aliphatic heterocycles. The maximum Gasteiger partial charge on any atom is 0.435 e. The maximum absolute atomic E-state index is 13.1. The van der Waals surface area contributed by atoms with E-state index in [4.69, 9.17) is 0 Å². The van der Waals surface area contributed by atoms with Gasteiger partial charge in [0.2, 0.25) is 0 Å². The van der Waals surface area contributed by atoms with Gasteiger partial charge < -0.3 is 5.32 Å². The molecule has 0 fully saturated rings. The first kappa shape index (κ1) is 19.4. The molecular weight excluding hydrogens is 349 g/mol. The molecule has 1 heterocycles. The number of alkyl halides is 3. The summed E-state index contributed by atoms with van der Waals surface area (Å²) in [7, 11) is 0. The van der Waals surface area contributed by atoms with Crippen LogP contribution in [0.1, 0.15) is 59.0 Å². The largest absolute Gasteiger partial charge is 0.435 e. The molecule has 1 N–H and O–H groups in total. The number of hydrogen-bond acceptors (Lipinski definition) is 3. The second-order valence-electron chi connectivity index (χ2n) is 6.48. The van der Waals surface area contributed by atoms with Gasteiger partial charge in [0.15, 0.2) is 5.69 Å². The average Bonchev–Trinajstić information content (AvgIpc) is 2.89. The summed E-state index contributed by atoms with van der Waals surface area (Å²) in [4.78, 5) is 15.5. The number of halogens is 3. The van der Waals surface area contributed by atoms with E-state index < -0.39 is 22.7 Å². The number of carbonyl (C=O) groups is 1. The Labute approximate surface area is 149 Å². The van der Waals surface area contributed by atoms with Crippen molar-refractivity contribution >= 4 is 22.9 Å². The van der Waals surface area contributed by atoms with E-state index in [1.54, 1.807) is 12.1 Å². The second kappa shape index (κ2) is 7.56. The molecule has 0 aliphatic carbocycles. The standard InChI is InChI=1S/C18H21F3N2OS/c1-10(2)9-11(3)13-7-5-6-8-14(13)23-17(24)15-16(18(19,20)21)22-12(4)25-15/h5-8,10-11H,9H2,1-4H3,(H,23,24). The lowest BCUT2D eigenvalue weighted by Crippen LogP contribution is -2.18. The quantitative estimate of drug-likeness (QED) is 0.715. The van der Waals surface area contributed by atoms with E-state index in [0.29, 0.717) is 11.6 Å². The van der Waals surface area contributed by atoms with Crippen LogP contribution in [0.2, 0.25) is 0 Å². The molecule has 7 heteroatoms. The number of aryl methyl sites for hydroxylation is 1. The lowest BCUT2D eigenvalue weighted by molar-refractivity contribution is -0.141. The zero-order valence-electron chi connectivity index (χ0n) is 14.6. The molecule has 0 aliphatic rings. The summed E-state index contributed by atoms with van der Waals surface area (Å²) in [6.07, 6.45) is -3.73. The van der Waals surface area contributed by atoms with E-state index in [1.807, 2.05) is 19.1 Å². The van der Waals surface area contributed by atoms with Gasteiger partial charge in [0.05, 0.1) is 5.01 Å². The van der Waals surface area contributed by atoms with Crippen molar-refractivity contribution < 1.29 is 18.0 Å². The summed E-state index contributed by atoms with van der Waals surface area (Å²) in [6, 6.07) is 7.22. The molecule has 1 atom stereocenters. The number of benzene rings is 1. The highest BCUT2D eigenvalue weighted by atomic mass is 32.1. The Morgan fingerprint density at radius 1 is 1.24 bits per heavy atom. The van der Waals surface area contributed by atoms with Crippen LogP contribution in [0.5, 0.6) is 0 Å². The van der Waals surface area contributed by atoms with Gasteiger partial charge in [-0.2, -0.15) is 13.2 Å². The minimum Gasteiger partial charge on any atom is -0.321 e. The van der Waals surface area contributed by atoms with Crippen molar-refractivity contribution in [1.82, 2.24) is 4.98 Å². The van der Waals surface area contributed by atoms with Crippen LogP contribution < -0.4 is 5.32 Å². The molecule has 0 radical (unpaired) electrons. The predicted molar refractivity (Wildman–Crippen MR) is 94.1 cm³/mol. The van der Waals surface area contributed by atoms with Crippen LogP contribution in [-0.2, 0) is 6.18 Å². The molecule has 2 aromatic rings. The van der Waals surface area contributed by atoms with Crippen LogP contribution in [0.3, 0.4) is 0 Å². The highest BCUT2D eigenvalue weighted by Gasteiger charge is 2.39. The van der Waals surface area contributed by atoms with E-state index in [2.05, 4.69) is 24.1 Å². The van der Waals surface area contributed by atoms with Crippen molar-refractivity contribution in [2.45, 2.75) is 46.2 Å². The molecule has 1 unspecified atom stereocenters. The highest BCUT2D eigenvalue weighted by molar-refractivity contribution is 7.13. The molecule has 2 rings (SSSR count). The average molecular weight is 370 g/mol. The molecule has 136 valence electrons. The van der Waals surface area contributed by atoms with E-state index in [9.17, 15) is 18.0 Å². The summed E-state index contributed by atoms with van der Waals surface area (Å²) in [5.41, 5.74) is 0.333. The van der Waals surface area contributed by atoms with Gasteiger partial charge in [-0.3, -0.25) is 4.79 Å². The zero-order chi connectivity index (χ0) is 18.8. The van der Waals surface area contributed by atoms with Gasteiger partial charge in [0.1, 0.15) is 4.88 Å². The Kier molecular flexibility index (Phi) is 5.87. The number of nitrogens with one attached hydrogen (secondary N) is 1. The smallest absolute Gasteiger partial charge is 0.321 e. The van der Waals surface area contributed by atoms with Crippen LogP contribution in [-0.4, -0.2) is 10.9 Å². The van der Waals surface area contributed by atoms with E-state index in [1.165, 1.54) is 6.92 Å². The highest BCUT2D eigenvalue weighted by Crippen LogP contribution is 2.35. The molecule has 3 nitrogen and oxygen atoms in total. The molecule has 0 saturated carbocycles. The predicted octanol–water partition coefficient (Wildman–Crippen LogP) is 5.87. The Hall–Kier alpha value is -1.89. The van der Waals surface area contributed by atoms with Crippen LogP contribution in [0.15, 0.2) is 24.3 Å². The van der Waals surface area contributed by atoms with Crippen molar-refractivity contribution in [3.8, 4) is 0 Å². The molecule has 1 aromatic carbocycles. The van der Waals surface area contributed by atoms with Crippen molar-refractivity contribution in [2.75, 3.05) is 5.32 Å². The summed E-state index contributed by atoms with van der Waals surface area (Å²) in [5.74, 6) is -0.122. The van der Waals surface area contributed by atoms with Crippen molar-refractivity contribution in [2.24, 2.45) is 5.92 Å². The molecule has 1 aromatic heterocycles. The second-order valence-corrected chi connectivity index (χ2v) is 7.68. The van der Waals surface area contributed by atoms with Gasteiger partial charge in [0.25, 0.3) is 5.91 Å². The summed E-state index contributed by atoms with van der Waals surface area (Å²) in [5, 5.41) is 2.85. The number of anilines is 1. The number of rotatable bonds is 5. The van der Waals surface area contributed by atoms with E-state index in [-0.39, 0.29) is 10.9 Å². The first-order valence-electron chi connectivity index (χ1n) is 8.04. The van der Waals surface area contributed by atoms with Crippen LogP contribution in [0, 0.1) is 12.8 Å². The van der Waals surface area contributed by atoms with Crippen LogP contribution >= 0.6 is 11.3 Å². The van der Waals surface area contributed by atoms with Gasteiger partial charge >= 0.3 is 6.18 Å². The monoisotopic (exact) mass is 370 g/mol. The fourth-order valence-corrected chi connectivity index (χ4v) is 3.66. The summed E-state index contributed by atoms with van der Waals surface area (Å²) in [6.45, 7) is 7.71. The number of nitrogens with zero attached hydrogens (tertiary/aromatic N) is 1. The number of hydrogen-bond donors (Lipinski definition) is 1. The number of aromatic nitrogens is 1. The summed E-state index contributed by atoms with van der Waals surface area (Å²) < 4.78 is 39.2. The molecule has 1 amide bonds. The third-order valence-corrected chi connectivity index (χ3v) is 4.74. The number of para-hydroxylation sites is 1. The molecule has 25 heavy (non-hydrogen) atoms. The molecular formula is C18H21F3N2OS. The van der Waals surface area contributed by atoms with E-state index >= 15 is 0 Å². The van der Waals surface area contributed by atoms with Crippen LogP contribution in [0.4, 0.5) is 18.9 Å². The topological polar surface area (TPSA) is 42.0 Å². The minimum absolute atomic E-state index is 0.182. The van der Waals surface area contributed by atoms with Crippen molar-refractivity contribution in [3.05, 3.63) is 45.4 Å². The molecule has 0 bridgehead atoms. The minimum atomic E-state index is -4.65. The first-order chi connectivity index (χ1) is 11.6. The van der Waals surface area contributed by atoms with Gasteiger partial charge in [-0.1, -0.05) is 39.0 Å². The third kappa shape index (κ3) is 4.81. The summed E-state index contributed by atoms with van der Waals surface area (Å²) >= 11 is 0.750. The Bertz CT molecular complexity index is 753. The molecule has 0 spiro atoms. The number of amides is 1. The normalized spacial score (nSPS) is 13.1. The molecule has 0 saturated heterocycles. The Balaban J connectivity index is 2.31. The zero-order valence-corrected chi connectivity index (χ0v) is 15.4. The fourth-order valence-electron chi connectivity index (χ4n) is 2.83. The van der Waals surface area contributed by atoms with Crippen molar-refractivity contribution in [1.29, 1.82) is 0 Å². The lowest BCUT2D eigenvalue weighted by atomic mass is 9.91. The van der Waals surface area contributed by atoms with Gasteiger partial charge in [-0.25, -0.2) is 4.98 Å². The number of carbonyl (C=O) groups excluding carboxylic acids is 1. The van der Waals surface area contributed by atoms with Gasteiger partial charge in [-0.15, -0.1) is 11.3 Å². The maximum atomic E-state index is 13.1. The van der Waals surface area contributed by atoms with E-state index in [0.717, 1.165) is 23.3 Å². The Morgan fingerprint density at radius 3 is 2.48 bits per heavy atom. The fraction of sp³-hybridized carbons (Fsp3) is 0.444. The van der Waals surface area contributed by atoms with Crippen molar-refractivity contribution in [3.63, 3.8) is 0 Å². The third-order valence-electron chi connectivity index (χ3n) is 3.77. The lowest BCUT2D eigenvalue weighted by Gasteiger charge is -2.18. The van der Waals surface area contributed by atoms with Crippen LogP contribution in [0.25, 0.3) is 0 Å². The first-order valence-corrected chi connectivity index (χ1v) is 8.86. The number of thiazole rings is 1. The van der Waals surface area contributed by atoms with Gasteiger partial charge in [0, 0.05) is 5.69 Å². The van der Waals surface area contributed by atoms with Gasteiger partial charge in [-0.05, 0) is 36.8 Å².